The highest BCUT2D eigenvalue weighted by atomic mass is 16.2. The fourth-order valence-corrected chi connectivity index (χ4v) is 3.04. The van der Waals surface area contributed by atoms with Gasteiger partial charge in [-0.05, 0) is 25.0 Å². The monoisotopic (exact) mass is 350 g/mol. The lowest BCUT2D eigenvalue weighted by Gasteiger charge is -2.14. The molecule has 1 amide bonds. The highest BCUT2D eigenvalue weighted by Gasteiger charge is 2.15. The van der Waals surface area contributed by atoms with Gasteiger partial charge in [-0.15, -0.1) is 0 Å². The van der Waals surface area contributed by atoms with Crippen LogP contribution in [0.3, 0.4) is 0 Å². The number of rotatable bonds is 4. The van der Waals surface area contributed by atoms with Crippen molar-refractivity contribution in [2.45, 2.75) is 19.4 Å². The van der Waals surface area contributed by atoms with Gasteiger partial charge in [-0.3, -0.25) is 14.2 Å². The van der Waals surface area contributed by atoms with E-state index in [1.54, 1.807) is 30.6 Å². The van der Waals surface area contributed by atoms with Gasteiger partial charge in [-0.25, -0.2) is 15.0 Å². The van der Waals surface area contributed by atoms with E-state index in [0.29, 0.717) is 22.5 Å². The Morgan fingerprint density at radius 3 is 2.58 bits per heavy atom. The van der Waals surface area contributed by atoms with Crippen LogP contribution in [-0.4, -0.2) is 38.5 Å². The average Bonchev–Trinajstić information content (AvgIpc) is 3.20. The standard InChI is InChI=1S/C18H18N6O2/c25-16(11-24-12-21-15-6-2-1-5-14(15)17(24)26)22-13-9-19-18(20-10-13)23-7-3-4-8-23/h1-2,5-6,9-10,12H,3-4,7-8,11H2,(H,22,25). The second-order valence-corrected chi connectivity index (χ2v) is 6.21. The molecule has 0 atom stereocenters. The molecule has 8 nitrogen and oxygen atoms in total. The lowest BCUT2D eigenvalue weighted by Crippen LogP contribution is -2.28. The normalized spacial score (nSPS) is 13.9. The highest BCUT2D eigenvalue weighted by molar-refractivity contribution is 5.90. The van der Waals surface area contributed by atoms with Gasteiger partial charge in [0.15, 0.2) is 0 Å². The second-order valence-electron chi connectivity index (χ2n) is 6.21. The number of carbonyl (C=O) groups is 1. The van der Waals surface area contributed by atoms with E-state index < -0.39 is 0 Å². The molecule has 0 radical (unpaired) electrons. The molecule has 1 N–H and O–H groups in total. The predicted octanol–water partition coefficient (Wildman–Crippen LogP) is 1.43. The first-order chi connectivity index (χ1) is 12.7. The SMILES string of the molecule is O=C(Cn1cnc2ccccc2c1=O)Nc1cnc(N2CCCC2)nc1. The number of anilines is 2. The predicted molar refractivity (Wildman–Crippen MR) is 98.1 cm³/mol. The molecule has 26 heavy (non-hydrogen) atoms. The third kappa shape index (κ3) is 3.26. The van der Waals surface area contributed by atoms with Crippen LogP contribution < -0.4 is 15.8 Å². The van der Waals surface area contributed by atoms with Crippen LogP contribution in [0.2, 0.25) is 0 Å². The van der Waals surface area contributed by atoms with Gasteiger partial charge >= 0.3 is 0 Å². The van der Waals surface area contributed by atoms with Gasteiger partial charge in [0.05, 0.1) is 35.3 Å². The van der Waals surface area contributed by atoms with Gasteiger partial charge in [0.25, 0.3) is 5.56 Å². The van der Waals surface area contributed by atoms with Gasteiger partial charge in [0.1, 0.15) is 6.54 Å². The molecule has 4 rings (SSSR count). The van der Waals surface area contributed by atoms with E-state index in [4.69, 9.17) is 0 Å². The van der Waals surface area contributed by atoms with Crippen molar-refractivity contribution < 1.29 is 4.79 Å². The Morgan fingerprint density at radius 1 is 1.08 bits per heavy atom. The Hall–Kier alpha value is -3.29. The molecule has 8 heteroatoms. The second kappa shape index (κ2) is 6.91. The minimum Gasteiger partial charge on any atom is -0.341 e. The van der Waals surface area contributed by atoms with E-state index in [-0.39, 0.29) is 18.0 Å². The summed E-state index contributed by atoms with van der Waals surface area (Å²) >= 11 is 0. The highest BCUT2D eigenvalue weighted by Crippen LogP contribution is 2.16. The van der Waals surface area contributed by atoms with Gasteiger partial charge in [0, 0.05) is 13.1 Å². The summed E-state index contributed by atoms with van der Waals surface area (Å²) in [5.41, 5.74) is 0.867. The van der Waals surface area contributed by atoms with Crippen molar-refractivity contribution in [3.8, 4) is 0 Å². The van der Waals surface area contributed by atoms with Crippen molar-refractivity contribution in [3.63, 3.8) is 0 Å². The van der Waals surface area contributed by atoms with Crippen molar-refractivity contribution in [1.82, 2.24) is 19.5 Å². The maximum absolute atomic E-state index is 12.4. The molecule has 3 heterocycles. The number of aromatic nitrogens is 4. The molecular formula is C18H18N6O2. The average molecular weight is 350 g/mol. The molecule has 1 fully saturated rings. The van der Waals surface area contributed by atoms with E-state index in [0.717, 1.165) is 25.9 Å². The van der Waals surface area contributed by atoms with Crippen LogP contribution in [0.5, 0.6) is 0 Å². The van der Waals surface area contributed by atoms with Gasteiger partial charge in [0.2, 0.25) is 11.9 Å². The first kappa shape index (κ1) is 16.2. The molecular weight excluding hydrogens is 332 g/mol. The maximum Gasteiger partial charge on any atom is 0.261 e. The minimum absolute atomic E-state index is 0.120. The quantitative estimate of drug-likeness (QED) is 0.765. The molecule has 2 aromatic heterocycles. The summed E-state index contributed by atoms with van der Waals surface area (Å²) in [5, 5.41) is 3.20. The summed E-state index contributed by atoms with van der Waals surface area (Å²) in [5.74, 6) is 0.345. The zero-order valence-corrected chi connectivity index (χ0v) is 14.1. The lowest BCUT2D eigenvalue weighted by molar-refractivity contribution is -0.116. The van der Waals surface area contributed by atoms with Crippen LogP contribution in [-0.2, 0) is 11.3 Å². The van der Waals surface area contributed by atoms with Gasteiger partial charge < -0.3 is 10.2 Å². The third-order valence-corrected chi connectivity index (χ3v) is 4.36. The van der Waals surface area contributed by atoms with E-state index in [1.807, 2.05) is 6.07 Å². The largest absolute Gasteiger partial charge is 0.341 e. The van der Waals surface area contributed by atoms with Crippen molar-refractivity contribution in [3.05, 3.63) is 53.3 Å². The van der Waals surface area contributed by atoms with Crippen LogP contribution >= 0.6 is 0 Å². The summed E-state index contributed by atoms with van der Waals surface area (Å²) in [6.45, 7) is 1.80. The van der Waals surface area contributed by atoms with Crippen LogP contribution in [0, 0.1) is 0 Å². The Labute approximate surface area is 149 Å². The number of amides is 1. The first-order valence-corrected chi connectivity index (χ1v) is 8.52. The molecule has 0 aliphatic carbocycles. The van der Waals surface area contributed by atoms with Crippen molar-refractivity contribution in [2.75, 3.05) is 23.3 Å². The number of hydrogen-bond acceptors (Lipinski definition) is 6. The first-order valence-electron chi connectivity index (χ1n) is 8.52. The molecule has 1 aliphatic rings. The van der Waals surface area contributed by atoms with E-state index in [1.165, 1.54) is 10.9 Å². The molecule has 0 saturated carbocycles. The van der Waals surface area contributed by atoms with Crippen LogP contribution in [0.1, 0.15) is 12.8 Å². The third-order valence-electron chi connectivity index (χ3n) is 4.36. The molecule has 1 aliphatic heterocycles. The van der Waals surface area contributed by atoms with Crippen LogP contribution in [0.25, 0.3) is 10.9 Å². The minimum atomic E-state index is -0.332. The van der Waals surface area contributed by atoms with Gasteiger partial charge in [-0.1, -0.05) is 12.1 Å². The number of nitrogens with zero attached hydrogens (tertiary/aromatic N) is 5. The Kier molecular flexibility index (Phi) is 4.30. The summed E-state index contributed by atoms with van der Waals surface area (Å²) < 4.78 is 1.29. The zero-order valence-electron chi connectivity index (χ0n) is 14.1. The number of fused-ring (bicyclic) bond motifs is 1. The number of carbonyl (C=O) groups excluding carboxylic acids is 1. The molecule has 132 valence electrons. The Morgan fingerprint density at radius 2 is 1.81 bits per heavy atom. The topological polar surface area (TPSA) is 93.0 Å². The number of hydrogen-bond donors (Lipinski definition) is 1. The number of nitrogens with one attached hydrogen (secondary N) is 1. The fraction of sp³-hybridized carbons (Fsp3) is 0.278. The summed E-state index contributed by atoms with van der Waals surface area (Å²) in [6.07, 6.45) is 6.85. The van der Waals surface area contributed by atoms with Gasteiger partial charge in [-0.2, -0.15) is 0 Å². The van der Waals surface area contributed by atoms with Crippen LogP contribution in [0.4, 0.5) is 11.6 Å². The Bertz CT molecular complexity index is 992. The fourth-order valence-electron chi connectivity index (χ4n) is 3.04. The number of benzene rings is 1. The smallest absolute Gasteiger partial charge is 0.261 e. The van der Waals surface area contributed by atoms with Crippen molar-refractivity contribution >= 4 is 28.4 Å². The Balaban J connectivity index is 1.45. The van der Waals surface area contributed by atoms with E-state index >= 15 is 0 Å². The van der Waals surface area contributed by atoms with E-state index in [2.05, 4.69) is 25.2 Å². The lowest BCUT2D eigenvalue weighted by atomic mass is 10.2. The van der Waals surface area contributed by atoms with Crippen LogP contribution in [0.15, 0.2) is 47.8 Å². The summed E-state index contributed by atoms with van der Waals surface area (Å²) in [6, 6.07) is 7.05. The zero-order chi connectivity index (χ0) is 17.9. The molecule has 0 spiro atoms. The molecule has 0 unspecified atom stereocenters. The van der Waals surface area contributed by atoms with E-state index in [9.17, 15) is 9.59 Å². The van der Waals surface area contributed by atoms with Crippen molar-refractivity contribution in [2.24, 2.45) is 0 Å². The molecule has 1 aromatic carbocycles. The molecule has 3 aromatic rings. The van der Waals surface area contributed by atoms with Crippen molar-refractivity contribution in [1.29, 1.82) is 0 Å². The summed E-state index contributed by atoms with van der Waals surface area (Å²) in [7, 11) is 0. The summed E-state index contributed by atoms with van der Waals surface area (Å²) in [4.78, 5) is 39.6. The molecule has 0 bridgehead atoms. The number of para-hydroxylation sites is 1. The molecule has 1 saturated heterocycles. The maximum atomic E-state index is 12.4.